The van der Waals surface area contributed by atoms with Crippen molar-refractivity contribution in [3.05, 3.63) is 41.0 Å². The van der Waals surface area contributed by atoms with Crippen LogP contribution in [0.4, 0.5) is 10.2 Å². The second-order valence-electron chi connectivity index (χ2n) is 6.09. The van der Waals surface area contributed by atoms with Crippen molar-refractivity contribution in [1.82, 2.24) is 19.5 Å². The number of methoxy groups -OCH3 is 1. The van der Waals surface area contributed by atoms with Crippen LogP contribution in [0.15, 0.2) is 35.4 Å². The van der Waals surface area contributed by atoms with Gasteiger partial charge in [0.1, 0.15) is 39.3 Å². The molecular formula is C17H16FN5O2S. The molecule has 0 aliphatic heterocycles. The zero-order chi connectivity index (χ0) is 18.4. The van der Waals surface area contributed by atoms with Gasteiger partial charge in [0.15, 0.2) is 0 Å². The molecule has 0 saturated heterocycles. The van der Waals surface area contributed by atoms with Crippen molar-refractivity contribution in [3.63, 3.8) is 0 Å². The van der Waals surface area contributed by atoms with E-state index >= 15 is 0 Å². The fraction of sp³-hybridized carbons (Fsp3) is 0.294. The van der Waals surface area contributed by atoms with E-state index in [2.05, 4.69) is 15.0 Å². The van der Waals surface area contributed by atoms with E-state index in [0.717, 1.165) is 5.39 Å². The molecule has 26 heavy (non-hydrogen) atoms. The highest BCUT2D eigenvalue weighted by molar-refractivity contribution is 7.25. The number of rotatable bonds is 3. The molecule has 0 aromatic carbocycles. The Morgan fingerprint density at radius 1 is 1.35 bits per heavy atom. The average Bonchev–Trinajstić information content (AvgIpc) is 3.02. The fourth-order valence-electron chi connectivity index (χ4n) is 2.98. The molecule has 0 bridgehead atoms. The minimum atomic E-state index is -0.499. The normalized spacial score (nSPS) is 17.5. The maximum atomic E-state index is 14.4. The van der Waals surface area contributed by atoms with E-state index < -0.39 is 5.83 Å². The first-order valence-electron chi connectivity index (χ1n) is 7.94. The number of fused-ring (bicyclic) bond motifs is 3. The van der Waals surface area contributed by atoms with E-state index in [-0.39, 0.29) is 17.4 Å². The van der Waals surface area contributed by atoms with Crippen LogP contribution in [0.1, 0.15) is 6.42 Å². The Morgan fingerprint density at radius 2 is 2.15 bits per heavy atom. The van der Waals surface area contributed by atoms with Crippen molar-refractivity contribution in [2.75, 3.05) is 26.1 Å². The average molecular weight is 373 g/mol. The topological polar surface area (TPSA) is 73.1 Å². The summed E-state index contributed by atoms with van der Waals surface area (Å²) in [5.74, 6) is 0.193. The number of hydrogen-bond acceptors (Lipinski definition) is 7. The Morgan fingerprint density at radius 3 is 2.85 bits per heavy atom. The molecule has 134 valence electrons. The van der Waals surface area contributed by atoms with Gasteiger partial charge in [0, 0.05) is 21.2 Å². The van der Waals surface area contributed by atoms with Gasteiger partial charge in [-0.1, -0.05) is 6.08 Å². The second kappa shape index (κ2) is 6.26. The van der Waals surface area contributed by atoms with Crippen LogP contribution >= 0.6 is 11.3 Å². The highest BCUT2D eigenvalue weighted by Gasteiger charge is 2.21. The lowest BCUT2D eigenvalue weighted by Gasteiger charge is -2.17. The number of nitrogens with zero attached hydrogens (tertiary/aromatic N) is 5. The summed E-state index contributed by atoms with van der Waals surface area (Å²) in [4.78, 5) is 28.5. The molecule has 3 aromatic heterocycles. The summed E-state index contributed by atoms with van der Waals surface area (Å²) < 4.78 is 21.2. The van der Waals surface area contributed by atoms with Crippen molar-refractivity contribution < 1.29 is 9.13 Å². The van der Waals surface area contributed by atoms with Gasteiger partial charge in [-0.15, -0.1) is 11.3 Å². The Bertz CT molecular complexity index is 1130. The zero-order valence-corrected chi connectivity index (χ0v) is 15.2. The monoisotopic (exact) mass is 373 g/mol. The molecular weight excluding hydrogens is 357 g/mol. The van der Waals surface area contributed by atoms with Gasteiger partial charge in [0.2, 0.25) is 0 Å². The molecule has 0 spiro atoms. The number of hydrogen-bond donors (Lipinski definition) is 0. The molecule has 0 fully saturated rings. The van der Waals surface area contributed by atoms with E-state index in [9.17, 15) is 9.18 Å². The Kier molecular flexibility index (Phi) is 4.04. The number of allylic oxidation sites excluding steroid dienone is 2. The lowest BCUT2D eigenvalue weighted by atomic mass is 10.1. The standard InChI is InChI=1S/C17H16FN5O2S/c1-22(2)15-12-13-14(26-16(12)20-7-19-15)17(24)23(8-21-13)11-5-4-9(25-3)6-10(11)18/h5-9H,4H2,1-3H3. The predicted octanol–water partition coefficient (Wildman–Crippen LogP) is 2.58. The fourth-order valence-corrected chi connectivity index (χ4v) is 4.00. The molecule has 1 aliphatic carbocycles. The third kappa shape index (κ3) is 2.51. The third-order valence-corrected chi connectivity index (χ3v) is 5.34. The molecule has 7 nitrogen and oxygen atoms in total. The second-order valence-corrected chi connectivity index (χ2v) is 7.08. The Balaban J connectivity index is 1.93. The van der Waals surface area contributed by atoms with Gasteiger partial charge in [-0.2, -0.15) is 0 Å². The summed E-state index contributed by atoms with van der Waals surface area (Å²) in [7, 11) is 5.26. The molecule has 0 N–H and O–H groups in total. The molecule has 1 aliphatic rings. The maximum Gasteiger partial charge on any atom is 0.276 e. The van der Waals surface area contributed by atoms with E-state index in [0.29, 0.717) is 27.3 Å². The summed E-state index contributed by atoms with van der Waals surface area (Å²) >= 11 is 1.24. The van der Waals surface area contributed by atoms with Gasteiger partial charge in [-0.25, -0.2) is 19.3 Å². The molecule has 0 radical (unpaired) electrons. The first kappa shape index (κ1) is 16.8. The Labute approximate surface area is 152 Å². The van der Waals surface area contributed by atoms with Crippen LogP contribution in [0.5, 0.6) is 0 Å². The number of anilines is 1. The quantitative estimate of drug-likeness (QED) is 0.703. The number of thiophene rings is 1. The van der Waals surface area contributed by atoms with Crippen LogP contribution in [0.3, 0.4) is 0 Å². The molecule has 0 saturated carbocycles. The highest BCUT2D eigenvalue weighted by atomic mass is 32.1. The molecule has 3 heterocycles. The summed E-state index contributed by atoms with van der Waals surface area (Å²) in [6.07, 6.45) is 6.00. The van der Waals surface area contributed by atoms with Crippen molar-refractivity contribution in [1.29, 1.82) is 0 Å². The summed E-state index contributed by atoms with van der Waals surface area (Å²) in [6.45, 7) is 0. The van der Waals surface area contributed by atoms with Gasteiger partial charge >= 0.3 is 0 Å². The van der Waals surface area contributed by atoms with Gasteiger partial charge in [0.25, 0.3) is 5.56 Å². The minimum absolute atomic E-state index is 0.189. The highest BCUT2D eigenvalue weighted by Crippen LogP contribution is 2.34. The largest absolute Gasteiger partial charge is 0.377 e. The molecule has 1 atom stereocenters. The predicted molar refractivity (Wildman–Crippen MR) is 100 cm³/mol. The van der Waals surface area contributed by atoms with Crippen molar-refractivity contribution >= 4 is 43.3 Å². The van der Waals surface area contributed by atoms with Crippen molar-refractivity contribution in [2.45, 2.75) is 12.5 Å². The van der Waals surface area contributed by atoms with Crippen molar-refractivity contribution in [2.24, 2.45) is 0 Å². The molecule has 4 rings (SSSR count). The van der Waals surface area contributed by atoms with Crippen LogP contribution in [-0.4, -0.2) is 46.8 Å². The summed E-state index contributed by atoms with van der Waals surface area (Å²) in [5.41, 5.74) is 0.397. The van der Waals surface area contributed by atoms with E-state index in [4.69, 9.17) is 4.74 Å². The van der Waals surface area contributed by atoms with Crippen LogP contribution in [-0.2, 0) is 4.74 Å². The van der Waals surface area contributed by atoms with Gasteiger partial charge in [-0.3, -0.25) is 9.36 Å². The van der Waals surface area contributed by atoms with Gasteiger partial charge < -0.3 is 9.64 Å². The summed E-state index contributed by atoms with van der Waals surface area (Å²) in [5, 5.41) is 0.731. The van der Waals surface area contributed by atoms with E-state index in [1.54, 1.807) is 6.08 Å². The van der Waals surface area contributed by atoms with Crippen LogP contribution in [0.25, 0.3) is 26.1 Å². The van der Waals surface area contributed by atoms with Crippen molar-refractivity contribution in [3.8, 4) is 0 Å². The van der Waals surface area contributed by atoms with E-state index in [1.165, 1.54) is 41.7 Å². The third-order valence-electron chi connectivity index (χ3n) is 4.26. The van der Waals surface area contributed by atoms with Crippen LogP contribution in [0, 0.1) is 0 Å². The summed E-state index contributed by atoms with van der Waals surface area (Å²) in [6, 6.07) is 0. The zero-order valence-electron chi connectivity index (χ0n) is 14.4. The SMILES string of the molecule is COC1C=C(F)C(n2cnc3c(sc4ncnc(N(C)C)c43)c2=O)=CC1. The lowest BCUT2D eigenvalue weighted by molar-refractivity contribution is 0.140. The van der Waals surface area contributed by atoms with E-state index in [1.807, 2.05) is 19.0 Å². The molecule has 0 amide bonds. The van der Waals surface area contributed by atoms with Gasteiger partial charge in [0.05, 0.1) is 17.2 Å². The smallest absolute Gasteiger partial charge is 0.276 e. The lowest BCUT2D eigenvalue weighted by Crippen LogP contribution is -2.22. The van der Waals surface area contributed by atoms with Crippen LogP contribution in [0.2, 0.25) is 0 Å². The molecule has 1 unspecified atom stereocenters. The Hall–Kier alpha value is -2.65. The first-order valence-corrected chi connectivity index (χ1v) is 8.76. The maximum absolute atomic E-state index is 14.4. The van der Waals surface area contributed by atoms with Crippen LogP contribution < -0.4 is 10.5 Å². The first-order chi connectivity index (χ1) is 12.5. The minimum Gasteiger partial charge on any atom is -0.377 e. The number of halogens is 1. The molecule has 9 heteroatoms. The number of ether oxygens (including phenoxy) is 1. The molecule has 3 aromatic rings. The van der Waals surface area contributed by atoms with Gasteiger partial charge in [-0.05, 0) is 12.5 Å². The number of aromatic nitrogens is 4.